The third-order valence-electron chi connectivity index (χ3n) is 2.97. The summed E-state index contributed by atoms with van der Waals surface area (Å²) in [5.41, 5.74) is 5.35. The lowest BCUT2D eigenvalue weighted by Crippen LogP contribution is -2.34. The smallest absolute Gasteiger partial charge is 0.236 e. The Morgan fingerprint density at radius 3 is 3.00 bits per heavy atom. The first-order chi connectivity index (χ1) is 7.76. The number of carbonyl (C=O) groups excluding carboxylic acids is 1. The molecule has 0 spiro atoms. The first-order valence-corrected chi connectivity index (χ1v) is 5.24. The van der Waals surface area contributed by atoms with Crippen molar-refractivity contribution >= 4 is 5.91 Å². The van der Waals surface area contributed by atoms with Crippen LogP contribution in [0.4, 0.5) is 0 Å². The molecule has 2 rings (SSSR count). The summed E-state index contributed by atoms with van der Waals surface area (Å²) in [7, 11) is 1.66. The van der Waals surface area contributed by atoms with Gasteiger partial charge >= 0.3 is 0 Å². The van der Waals surface area contributed by atoms with Gasteiger partial charge in [-0.1, -0.05) is 0 Å². The van der Waals surface area contributed by atoms with Gasteiger partial charge in [0.2, 0.25) is 5.91 Å². The molecular weight excluding hydrogens is 208 g/mol. The minimum Gasteiger partial charge on any atom is -0.377 e. The standard InChI is InChI=1S/C10H16N4O2/c1-16-9-6-14(10(15)4-11)5-8(9)13-3-2-12-7-13/h2-3,7-9H,4-6,11H2,1H3/t8-,9-/m0/s1. The summed E-state index contributed by atoms with van der Waals surface area (Å²) in [6.45, 7) is 1.27. The maximum atomic E-state index is 11.5. The van der Waals surface area contributed by atoms with E-state index in [1.165, 1.54) is 0 Å². The van der Waals surface area contributed by atoms with E-state index < -0.39 is 0 Å². The van der Waals surface area contributed by atoms with Gasteiger partial charge in [-0.2, -0.15) is 0 Å². The molecule has 1 fully saturated rings. The number of methoxy groups -OCH3 is 1. The Hall–Kier alpha value is -1.40. The van der Waals surface area contributed by atoms with E-state index in [0.717, 1.165) is 0 Å². The van der Waals surface area contributed by atoms with Crippen molar-refractivity contribution in [2.45, 2.75) is 12.1 Å². The Bertz CT molecular complexity index is 352. The SMILES string of the molecule is CO[C@H]1CN(C(=O)CN)C[C@@H]1n1ccnc1. The van der Waals surface area contributed by atoms with E-state index in [-0.39, 0.29) is 24.6 Å². The van der Waals surface area contributed by atoms with Gasteiger partial charge in [-0.15, -0.1) is 0 Å². The van der Waals surface area contributed by atoms with Gasteiger partial charge in [0.05, 0.1) is 25.0 Å². The number of hydrogen-bond acceptors (Lipinski definition) is 4. The summed E-state index contributed by atoms with van der Waals surface area (Å²) in [5.74, 6) is -0.0373. The van der Waals surface area contributed by atoms with Crippen molar-refractivity contribution in [2.24, 2.45) is 5.73 Å². The first kappa shape index (κ1) is 11.1. The van der Waals surface area contributed by atoms with E-state index in [1.807, 2.05) is 10.8 Å². The second kappa shape index (κ2) is 4.63. The Labute approximate surface area is 94.0 Å². The molecule has 1 aliphatic rings. The Morgan fingerprint density at radius 2 is 2.44 bits per heavy atom. The van der Waals surface area contributed by atoms with E-state index in [9.17, 15) is 4.79 Å². The van der Waals surface area contributed by atoms with Gasteiger partial charge in [-0.25, -0.2) is 4.98 Å². The summed E-state index contributed by atoms with van der Waals surface area (Å²) >= 11 is 0. The molecule has 2 atom stereocenters. The minimum atomic E-state index is -0.0373. The maximum Gasteiger partial charge on any atom is 0.236 e. The van der Waals surface area contributed by atoms with Crippen molar-refractivity contribution in [1.29, 1.82) is 0 Å². The maximum absolute atomic E-state index is 11.5. The third kappa shape index (κ3) is 1.94. The molecule has 1 amide bonds. The quantitative estimate of drug-likeness (QED) is 0.732. The molecule has 1 saturated heterocycles. The zero-order chi connectivity index (χ0) is 11.5. The van der Waals surface area contributed by atoms with Crippen molar-refractivity contribution in [3.63, 3.8) is 0 Å². The summed E-state index contributed by atoms with van der Waals surface area (Å²) in [5, 5.41) is 0. The van der Waals surface area contributed by atoms with Gasteiger partial charge in [-0.3, -0.25) is 4.79 Å². The normalized spacial score (nSPS) is 25.0. The predicted molar refractivity (Wildman–Crippen MR) is 57.7 cm³/mol. The fraction of sp³-hybridized carbons (Fsp3) is 0.600. The van der Waals surface area contributed by atoms with Gasteiger partial charge in [0, 0.05) is 32.6 Å². The number of nitrogens with zero attached hydrogens (tertiary/aromatic N) is 3. The number of aromatic nitrogens is 2. The van der Waals surface area contributed by atoms with Crippen molar-refractivity contribution in [3.05, 3.63) is 18.7 Å². The van der Waals surface area contributed by atoms with Crippen LogP contribution in [-0.2, 0) is 9.53 Å². The Balaban J connectivity index is 2.11. The third-order valence-corrected chi connectivity index (χ3v) is 2.97. The van der Waals surface area contributed by atoms with Gasteiger partial charge in [0.25, 0.3) is 0 Å². The largest absolute Gasteiger partial charge is 0.377 e. The highest BCUT2D eigenvalue weighted by Crippen LogP contribution is 2.23. The number of amides is 1. The van der Waals surface area contributed by atoms with Crippen LogP contribution in [0.25, 0.3) is 0 Å². The van der Waals surface area contributed by atoms with Crippen molar-refractivity contribution < 1.29 is 9.53 Å². The molecule has 88 valence electrons. The molecule has 0 radical (unpaired) electrons. The fourth-order valence-electron chi connectivity index (χ4n) is 2.07. The average molecular weight is 224 g/mol. The van der Waals surface area contributed by atoms with Crippen LogP contribution in [0.1, 0.15) is 6.04 Å². The van der Waals surface area contributed by atoms with Crippen LogP contribution in [0, 0.1) is 0 Å². The summed E-state index contributed by atoms with van der Waals surface area (Å²) in [6, 6.07) is 0.128. The molecule has 6 nitrogen and oxygen atoms in total. The van der Waals surface area contributed by atoms with Gasteiger partial charge in [-0.05, 0) is 0 Å². The molecule has 16 heavy (non-hydrogen) atoms. The van der Waals surface area contributed by atoms with E-state index in [0.29, 0.717) is 13.1 Å². The zero-order valence-electron chi connectivity index (χ0n) is 9.24. The van der Waals surface area contributed by atoms with Gasteiger partial charge < -0.3 is 19.9 Å². The molecule has 0 unspecified atom stereocenters. The molecule has 1 aromatic rings. The van der Waals surface area contributed by atoms with Crippen LogP contribution in [0.2, 0.25) is 0 Å². The van der Waals surface area contributed by atoms with Crippen LogP contribution >= 0.6 is 0 Å². The van der Waals surface area contributed by atoms with Crippen LogP contribution < -0.4 is 5.73 Å². The Morgan fingerprint density at radius 1 is 1.62 bits per heavy atom. The first-order valence-electron chi connectivity index (χ1n) is 5.24. The molecular formula is C10H16N4O2. The number of nitrogens with two attached hydrogens (primary N) is 1. The molecule has 6 heteroatoms. The number of ether oxygens (including phenoxy) is 1. The van der Waals surface area contributed by atoms with Crippen molar-refractivity contribution in [2.75, 3.05) is 26.7 Å². The van der Waals surface area contributed by atoms with E-state index >= 15 is 0 Å². The lowest BCUT2D eigenvalue weighted by molar-refractivity contribution is -0.129. The number of rotatable bonds is 3. The molecule has 1 aliphatic heterocycles. The monoisotopic (exact) mass is 224 g/mol. The average Bonchev–Trinajstić information content (AvgIpc) is 2.95. The molecule has 2 heterocycles. The van der Waals surface area contributed by atoms with Crippen molar-refractivity contribution in [1.82, 2.24) is 14.5 Å². The number of hydrogen-bond donors (Lipinski definition) is 1. The summed E-state index contributed by atoms with van der Waals surface area (Å²) in [4.78, 5) is 17.3. The summed E-state index contributed by atoms with van der Waals surface area (Å²) in [6.07, 6.45) is 5.35. The van der Waals surface area contributed by atoms with Gasteiger partial charge in [0.1, 0.15) is 0 Å². The molecule has 1 aromatic heterocycles. The number of carbonyl (C=O) groups is 1. The van der Waals surface area contributed by atoms with E-state index in [1.54, 1.807) is 24.5 Å². The highest BCUT2D eigenvalue weighted by Gasteiger charge is 2.35. The minimum absolute atomic E-state index is 0.00435. The summed E-state index contributed by atoms with van der Waals surface area (Å²) < 4.78 is 7.36. The lowest BCUT2D eigenvalue weighted by atomic mass is 10.2. The molecule has 0 aliphatic carbocycles. The van der Waals surface area contributed by atoms with Crippen LogP contribution in [0.5, 0.6) is 0 Å². The fourth-order valence-corrected chi connectivity index (χ4v) is 2.07. The van der Waals surface area contributed by atoms with Gasteiger partial charge in [0.15, 0.2) is 0 Å². The topological polar surface area (TPSA) is 73.4 Å². The van der Waals surface area contributed by atoms with Crippen LogP contribution in [0.15, 0.2) is 18.7 Å². The molecule has 0 bridgehead atoms. The van der Waals surface area contributed by atoms with Crippen molar-refractivity contribution in [3.8, 4) is 0 Å². The van der Waals surface area contributed by atoms with E-state index in [2.05, 4.69) is 4.98 Å². The molecule has 2 N–H and O–H groups in total. The van der Waals surface area contributed by atoms with Crippen LogP contribution in [-0.4, -0.2) is 53.2 Å². The highest BCUT2D eigenvalue weighted by molar-refractivity contribution is 5.78. The zero-order valence-corrected chi connectivity index (χ0v) is 9.24. The second-order valence-corrected chi connectivity index (χ2v) is 3.85. The lowest BCUT2D eigenvalue weighted by Gasteiger charge is -2.17. The second-order valence-electron chi connectivity index (χ2n) is 3.85. The van der Waals surface area contributed by atoms with E-state index in [4.69, 9.17) is 10.5 Å². The number of likely N-dealkylation sites (tertiary alicyclic amines) is 1. The molecule has 0 saturated carbocycles. The predicted octanol–water partition coefficient (Wildman–Crippen LogP) is -0.760. The highest BCUT2D eigenvalue weighted by atomic mass is 16.5. The molecule has 0 aromatic carbocycles. The number of imidazole rings is 1. The Kier molecular flexibility index (Phi) is 3.21. The van der Waals surface area contributed by atoms with Crippen LogP contribution in [0.3, 0.4) is 0 Å².